The molecule has 28 heavy (non-hydrogen) atoms. The molecule has 0 atom stereocenters. The lowest BCUT2D eigenvalue weighted by Crippen LogP contribution is -2.16. The van der Waals surface area contributed by atoms with Crippen LogP contribution in [0.3, 0.4) is 0 Å². The zero-order valence-corrected chi connectivity index (χ0v) is 15.0. The first-order valence-electron chi connectivity index (χ1n) is 8.08. The summed E-state index contributed by atoms with van der Waals surface area (Å²) < 4.78 is 37.7. The molecular formula is C19H16F2N4O3. The molecule has 0 fully saturated rings. The number of hydrogen-bond acceptors (Lipinski definition) is 6. The van der Waals surface area contributed by atoms with Crippen LogP contribution >= 0.6 is 0 Å². The predicted molar refractivity (Wildman–Crippen MR) is 99.2 cm³/mol. The first-order valence-corrected chi connectivity index (χ1v) is 8.08. The Morgan fingerprint density at radius 3 is 2.29 bits per heavy atom. The van der Waals surface area contributed by atoms with E-state index in [9.17, 15) is 13.6 Å². The van der Waals surface area contributed by atoms with E-state index in [-0.39, 0.29) is 5.69 Å². The number of amides is 1. The largest absolute Gasteiger partial charge is 0.493 e. The first kappa shape index (κ1) is 19.0. The molecule has 0 aliphatic carbocycles. The SMILES string of the molecule is COc1ccc(Nc2cnc(C(=O)Nc3c(F)cccc3F)cn2)cc1OC. The molecule has 0 saturated heterocycles. The Balaban J connectivity index is 1.72. The molecule has 0 bridgehead atoms. The topological polar surface area (TPSA) is 85.4 Å². The number of halogens is 2. The zero-order chi connectivity index (χ0) is 20.1. The van der Waals surface area contributed by atoms with Gasteiger partial charge in [-0.25, -0.2) is 18.7 Å². The minimum Gasteiger partial charge on any atom is -0.493 e. The third-order valence-electron chi connectivity index (χ3n) is 3.74. The highest BCUT2D eigenvalue weighted by molar-refractivity contribution is 6.02. The van der Waals surface area contributed by atoms with E-state index in [0.717, 1.165) is 12.1 Å². The Morgan fingerprint density at radius 2 is 1.68 bits per heavy atom. The van der Waals surface area contributed by atoms with E-state index in [1.165, 1.54) is 32.7 Å². The minimum absolute atomic E-state index is 0.0967. The zero-order valence-electron chi connectivity index (χ0n) is 15.0. The molecule has 3 aromatic rings. The summed E-state index contributed by atoms with van der Waals surface area (Å²) in [7, 11) is 3.06. The third kappa shape index (κ3) is 4.14. The maximum atomic E-state index is 13.6. The summed E-state index contributed by atoms with van der Waals surface area (Å²) in [6.07, 6.45) is 2.51. The quantitative estimate of drug-likeness (QED) is 0.671. The van der Waals surface area contributed by atoms with Crippen LogP contribution in [0.5, 0.6) is 11.5 Å². The van der Waals surface area contributed by atoms with Crippen LogP contribution in [0, 0.1) is 11.6 Å². The van der Waals surface area contributed by atoms with Crippen molar-refractivity contribution in [3.63, 3.8) is 0 Å². The highest BCUT2D eigenvalue weighted by Gasteiger charge is 2.15. The maximum absolute atomic E-state index is 13.6. The van der Waals surface area contributed by atoms with Gasteiger partial charge in [0.05, 0.1) is 26.6 Å². The van der Waals surface area contributed by atoms with Crippen molar-refractivity contribution in [2.24, 2.45) is 0 Å². The van der Waals surface area contributed by atoms with Gasteiger partial charge in [0, 0.05) is 11.8 Å². The van der Waals surface area contributed by atoms with Crippen molar-refractivity contribution in [3.8, 4) is 11.5 Å². The lowest BCUT2D eigenvalue weighted by molar-refractivity contribution is 0.102. The van der Waals surface area contributed by atoms with E-state index >= 15 is 0 Å². The standard InChI is InChI=1S/C19H16F2N4O3/c1-27-15-7-6-11(8-16(15)28-2)24-17-10-22-14(9-23-17)19(26)25-18-12(20)4-3-5-13(18)21/h3-10H,1-2H3,(H,23,24)(H,25,26). The number of benzene rings is 2. The maximum Gasteiger partial charge on any atom is 0.276 e. The summed E-state index contributed by atoms with van der Waals surface area (Å²) in [5.41, 5.74) is 0.0277. The van der Waals surface area contributed by atoms with Crippen molar-refractivity contribution in [2.75, 3.05) is 24.9 Å². The summed E-state index contributed by atoms with van der Waals surface area (Å²) in [6, 6.07) is 8.47. The van der Waals surface area contributed by atoms with Gasteiger partial charge in [0.2, 0.25) is 0 Å². The second kappa shape index (κ2) is 8.30. The van der Waals surface area contributed by atoms with Gasteiger partial charge in [0.25, 0.3) is 5.91 Å². The second-order valence-corrected chi connectivity index (χ2v) is 5.53. The number of hydrogen-bond donors (Lipinski definition) is 2. The van der Waals surface area contributed by atoms with E-state index < -0.39 is 23.2 Å². The smallest absolute Gasteiger partial charge is 0.276 e. The lowest BCUT2D eigenvalue weighted by Gasteiger charge is -2.11. The fraction of sp³-hybridized carbons (Fsp3) is 0.105. The number of carbonyl (C=O) groups is 1. The Bertz CT molecular complexity index is 977. The van der Waals surface area contributed by atoms with Gasteiger partial charge in [-0.3, -0.25) is 4.79 Å². The average Bonchev–Trinajstić information content (AvgIpc) is 2.71. The van der Waals surface area contributed by atoms with Crippen LogP contribution in [0.25, 0.3) is 0 Å². The molecule has 7 nitrogen and oxygen atoms in total. The van der Waals surface area contributed by atoms with Crippen LogP contribution in [0.1, 0.15) is 10.5 Å². The Hall–Kier alpha value is -3.75. The van der Waals surface area contributed by atoms with Crippen molar-refractivity contribution < 1.29 is 23.0 Å². The number of aromatic nitrogens is 2. The highest BCUT2D eigenvalue weighted by atomic mass is 19.1. The molecule has 0 aliphatic heterocycles. The number of nitrogens with one attached hydrogen (secondary N) is 2. The summed E-state index contributed by atoms with van der Waals surface area (Å²) in [4.78, 5) is 20.2. The number of ether oxygens (including phenoxy) is 2. The lowest BCUT2D eigenvalue weighted by atomic mass is 10.2. The predicted octanol–water partition coefficient (Wildman–Crippen LogP) is 3.77. The second-order valence-electron chi connectivity index (χ2n) is 5.53. The van der Waals surface area contributed by atoms with Crippen LogP contribution in [0.2, 0.25) is 0 Å². The van der Waals surface area contributed by atoms with Gasteiger partial charge in [-0.05, 0) is 24.3 Å². The number of nitrogens with zero attached hydrogens (tertiary/aromatic N) is 2. The van der Waals surface area contributed by atoms with Gasteiger partial charge in [-0.2, -0.15) is 0 Å². The number of para-hydroxylation sites is 1. The van der Waals surface area contributed by atoms with Gasteiger partial charge in [-0.1, -0.05) is 6.07 Å². The van der Waals surface area contributed by atoms with Gasteiger partial charge in [0.15, 0.2) is 11.5 Å². The van der Waals surface area contributed by atoms with Crippen LogP contribution in [0.15, 0.2) is 48.8 Å². The molecule has 2 N–H and O–H groups in total. The number of carbonyl (C=O) groups excluding carboxylic acids is 1. The molecule has 1 heterocycles. The number of rotatable bonds is 6. The number of anilines is 3. The summed E-state index contributed by atoms with van der Waals surface area (Å²) >= 11 is 0. The normalized spacial score (nSPS) is 10.3. The fourth-order valence-corrected chi connectivity index (χ4v) is 2.37. The van der Waals surface area contributed by atoms with E-state index in [1.54, 1.807) is 18.2 Å². The molecule has 0 spiro atoms. The molecule has 9 heteroatoms. The van der Waals surface area contributed by atoms with Crippen LogP contribution in [0.4, 0.5) is 26.0 Å². The van der Waals surface area contributed by atoms with E-state index in [0.29, 0.717) is 23.0 Å². The molecule has 0 aliphatic rings. The molecule has 0 unspecified atom stereocenters. The van der Waals surface area contributed by atoms with Crippen molar-refractivity contribution in [1.82, 2.24) is 9.97 Å². The molecule has 0 radical (unpaired) electrons. The molecule has 3 rings (SSSR count). The van der Waals surface area contributed by atoms with Crippen molar-refractivity contribution in [2.45, 2.75) is 0 Å². The van der Waals surface area contributed by atoms with Gasteiger partial charge in [0.1, 0.15) is 28.8 Å². The Morgan fingerprint density at radius 1 is 0.964 bits per heavy atom. The van der Waals surface area contributed by atoms with E-state index in [1.807, 2.05) is 0 Å². The Kier molecular flexibility index (Phi) is 5.64. The van der Waals surface area contributed by atoms with Crippen LogP contribution < -0.4 is 20.1 Å². The molecular weight excluding hydrogens is 370 g/mol. The van der Waals surface area contributed by atoms with E-state index in [4.69, 9.17) is 9.47 Å². The summed E-state index contributed by atoms with van der Waals surface area (Å²) in [5, 5.41) is 5.15. The van der Waals surface area contributed by atoms with Crippen molar-refractivity contribution in [1.29, 1.82) is 0 Å². The summed E-state index contributed by atoms with van der Waals surface area (Å²) in [5.74, 6) is -1.08. The summed E-state index contributed by atoms with van der Waals surface area (Å²) in [6.45, 7) is 0. The average molecular weight is 386 g/mol. The molecule has 144 valence electrons. The third-order valence-corrected chi connectivity index (χ3v) is 3.74. The molecule has 1 amide bonds. The number of methoxy groups -OCH3 is 2. The Labute approximate surface area is 159 Å². The highest BCUT2D eigenvalue weighted by Crippen LogP contribution is 2.30. The van der Waals surface area contributed by atoms with Gasteiger partial charge in [-0.15, -0.1) is 0 Å². The molecule has 2 aromatic carbocycles. The van der Waals surface area contributed by atoms with E-state index in [2.05, 4.69) is 20.6 Å². The fourth-order valence-electron chi connectivity index (χ4n) is 2.37. The van der Waals surface area contributed by atoms with Crippen LogP contribution in [-0.2, 0) is 0 Å². The minimum atomic E-state index is -0.881. The van der Waals surface area contributed by atoms with Crippen molar-refractivity contribution in [3.05, 3.63) is 66.1 Å². The van der Waals surface area contributed by atoms with Gasteiger partial charge >= 0.3 is 0 Å². The molecule has 1 aromatic heterocycles. The first-order chi connectivity index (χ1) is 13.5. The monoisotopic (exact) mass is 386 g/mol. The van der Waals surface area contributed by atoms with Crippen LogP contribution in [-0.4, -0.2) is 30.1 Å². The van der Waals surface area contributed by atoms with Gasteiger partial charge < -0.3 is 20.1 Å². The molecule has 0 saturated carbocycles. The van der Waals surface area contributed by atoms with Crippen molar-refractivity contribution >= 4 is 23.1 Å².